The Labute approximate surface area is 141 Å². The average Bonchev–Trinajstić information content (AvgIpc) is 2.95. The number of aromatic nitrogens is 5. The highest BCUT2D eigenvalue weighted by molar-refractivity contribution is 7.99. The van der Waals surface area contributed by atoms with E-state index in [0.29, 0.717) is 34.9 Å². The lowest BCUT2D eigenvalue weighted by atomic mass is 10.4. The van der Waals surface area contributed by atoms with Gasteiger partial charge in [-0.25, -0.2) is 9.78 Å². The minimum atomic E-state index is -0.380. The van der Waals surface area contributed by atoms with Gasteiger partial charge in [0, 0.05) is 38.5 Å². The first kappa shape index (κ1) is 16.3. The van der Waals surface area contributed by atoms with Crippen molar-refractivity contribution in [2.24, 2.45) is 14.1 Å². The van der Waals surface area contributed by atoms with Crippen molar-refractivity contribution in [3.05, 3.63) is 56.8 Å². The van der Waals surface area contributed by atoms with Gasteiger partial charge in [-0.2, -0.15) is 4.73 Å². The maximum absolute atomic E-state index is 12.5. The van der Waals surface area contributed by atoms with Crippen molar-refractivity contribution in [2.75, 3.05) is 5.75 Å². The molecule has 24 heavy (non-hydrogen) atoms. The molecular formula is C15H17N5O3S. The van der Waals surface area contributed by atoms with Crippen molar-refractivity contribution in [3.63, 3.8) is 0 Å². The van der Waals surface area contributed by atoms with Crippen molar-refractivity contribution in [2.45, 2.75) is 18.0 Å². The standard InChI is InChI=1S/C15H17N5O3S/c1-17-10-16-13-12(17)14(21)19(15(22)18(13)2)7-5-9-24-11-6-3-4-8-20(11)23/h3-4,6,8,10H,5,7,9H2,1-2H3. The van der Waals surface area contributed by atoms with Crippen LogP contribution < -0.4 is 16.0 Å². The normalized spacial score (nSPS) is 11.2. The fraction of sp³-hybridized carbons (Fsp3) is 0.333. The minimum absolute atomic E-state index is 0.297. The van der Waals surface area contributed by atoms with Gasteiger partial charge in [0.1, 0.15) is 0 Å². The lowest BCUT2D eigenvalue weighted by molar-refractivity contribution is -0.645. The molecule has 3 heterocycles. The highest BCUT2D eigenvalue weighted by Crippen LogP contribution is 2.13. The highest BCUT2D eigenvalue weighted by Gasteiger charge is 2.14. The minimum Gasteiger partial charge on any atom is -0.618 e. The maximum Gasteiger partial charge on any atom is 0.332 e. The van der Waals surface area contributed by atoms with Crippen LogP contribution >= 0.6 is 11.8 Å². The van der Waals surface area contributed by atoms with E-state index in [4.69, 9.17) is 0 Å². The molecule has 0 saturated heterocycles. The number of pyridine rings is 1. The third-order valence-corrected chi connectivity index (χ3v) is 4.87. The van der Waals surface area contributed by atoms with Gasteiger partial charge < -0.3 is 9.77 Å². The molecular weight excluding hydrogens is 330 g/mol. The molecule has 0 aliphatic heterocycles. The van der Waals surface area contributed by atoms with E-state index < -0.39 is 0 Å². The second-order valence-electron chi connectivity index (χ2n) is 5.39. The summed E-state index contributed by atoms with van der Waals surface area (Å²) in [5, 5.41) is 12.2. The maximum atomic E-state index is 12.5. The number of thioether (sulfide) groups is 1. The zero-order chi connectivity index (χ0) is 17.3. The number of fused-ring (bicyclic) bond motifs is 1. The van der Waals surface area contributed by atoms with E-state index in [2.05, 4.69) is 4.98 Å². The summed E-state index contributed by atoms with van der Waals surface area (Å²) in [5.74, 6) is 0.630. The van der Waals surface area contributed by atoms with Crippen LogP contribution in [-0.2, 0) is 20.6 Å². The number of aryl methyl sites for hydroxylation is 2. The molecule has 3 rings (SSSR count). The van der Waals surface area contributed by atoms with E-state index in [1.807, 2.05) is 0 Å². The Bertz CT molecular complexity index is 1000. The van der Waals surface area contributed by atoms with Crippen molar-refractivity contribution in [1.29, 1.82) is 0 Å². The fourth-order valence-electron chi connectivity index (χ4n) is 2.52. The van der Waals surface area contributed by atoms with Gasteiger partial charge in [0.05, 0.1) is 6.33 Å². The summed E-state index contributed by atoms with van der Waals surface area (Å²) in [6.45, 7) is 0.297. The Morgan fingerprint density at radius 1 is 1.29 bits per heavy atom. The van der Waals surface area contributed by atoms with Gasteiger partial charge in [-0.1, -0.05) is 11.8 Å². The number of rotatable bonds is 5. The Morgan fingerprint density at radius 2 is 2.08 bits per heavy atom. The number of hydrogen-bond acceptors (Lipinski definition) is 5. The Balaban J connectivity index is 1.79. The molecule has 8 nitrogen and oxygen atoms in total. The second kappa shape index (κ2) is 6.52. The first-order valence-electron chi connectivity index (χ1n) is 7.42. The summed E-state index contributed by atoms with van der Waals surface area (Å²) >= 11 is 1.40. The monoisotopic (exact) mass is 347 g/mol. The molecule has 0 amide bonds. The quantitative estimate of drug-likeness (QED) is 0.286. The van der Waals surface area contributed by atoms with Gasteiger partial charge in [-0.05, 0) is 12.5 Å². The van der Waals surface area contributed by atoms with E-state index in [1.54, 1.807) is 36.9 Å². The molecule has 0 N–H and O–H groups in total. The predicted molar refractivity (Wildman–Crippen MR) is 91.0 cm³/mol. The molecule has 0 aromatic carbocycles. The third-order valence-electron chi connectivity index (χ3n) is 3.77. The van der Waals surface area contributed by atoms with Crippen LogP contribution in [0.1, 0.15) is 6.42 Å². The molecule has 0 unspecified atom stereocenters. The number of hydrogen-bond donors (Lipinski definition) is 0. The molecule has 126 valence electrons. The second-order valence-corrected chi connectivity index (χ2v) is 6.51. The van der Waals surface area contributed by atoms with Crippen LogP contribution in [0.3, 0.4) is 0 Å². The molecule has 0 aliphatic rings. The van der Waals surface area contributed by atoms with Crippen LogP contribution in [0.25, 0.3) is 11.2 Å². The van der Waals surface area contributed by atoms with E-state index in [9.17, 15) is 14.8 Å². The van der Waals surface area contributed by atoms with E-state index in [0.717, 1.165) is 4.73 Å². The molecule has 0 spiro atoms. The summed E-state index contributed by atoms with van der Waals surface area (Å²) in [6.07, 6.45) is 3.56. The first-order valence-corrected chi connectivity index (χ1v) is 8.41. The molecule has 0 saturated carbocycles. The molecule has 0 radical (unpaired) electrons. The lowest BCUT2D eigenvalue weighted by Crippen LogP contribution is -2.39. The molecule has 3 aromatic heterocycles. The van der Waals surface area contributed by atoms with Gasteiger partial charge >= 0.3 is 5.69 Å². The van der Waals surface area contributed by atoms with E-state index >= 15 is 0 Å². The topological polar surface area (TPSA) is 88.8 Å². The molecule has 9 heteroatoms. The third kappa shape index (κ3) is 2.82. The smallest absolute Gasteiger partial charge is 0.332 e. The molecule has 3 aromatic rings. The largest absolute Gasteiger partial charge is 0.618 e. The molecule has 0 fully saturated rings. The van der Waals surface area contributed by atoms with E-state index in [-0.39, 0.29) is 11.2 Å². The van der Waals surface area contributed by atoms with Crippen LogP contribution in [0, 0.1) is 5.21 Å². The summed E-state index contributed by atoms with van der Waals surface area (Å²) in [6, 6.07) is 5.21. The SMILES string of the molecule is Cn1cnc2c1c(=O)n(CCCSc1cccc[n+]1[O-])c(=O)n2C. The Kier molecular flexibility index (Phi) is 4.43. The zero-order valence-electron chi connectivity index (χ0n) is 13.4. The van der Waals surface area contributed by atoms with Crippen molar-refractivity contribution in [1.82, 2.24) is 18.7 Å². The molecule has 0 bridgehead atoms. The first-order chi connectivity index (χ1) is 11.5. The number of nitrogens with zero attached hydrogens (tertiary/aromatic N) is 5. The Morgan fingerprint density at radius 3 is 2.83 bits per heavy atom. The average molecular weight is 347 g/mol. The summed E-state index contributed by atoms with van der Waals surface area (Å²) in [7, 11) is 3.33. The summed E-state index contributed by atoms with van der Waals surface area (Å²) < 4.78 is 5.03. The molecule has 0 aliphatic carbocycles. The van der Waals surface area contributed by atoms with Crippen molar-refractivity contribution in [3.8, 4) is 0 Å². The van der Waals surface area contributed by atoms with Gasteiger partial charge in [0.15, 0.2) is 17.4 Å². The zero-order valence-corrected chi connectivity index (χ0v) is 14.2. The van der Waals surface area contributed by atoms with Crippen molar-refractivity contribution < 1.29 is 4.73 Å². The van der Waals surface area contributed by atoms with Gasteiger partial charge in [0.25, 0.3) is 10.6 Å². The number of imidazole rings is 1. The van der Waals surface area contributed by atoms with Gasteiger partial charge in [-0.3, -0.25) is 13.9 Å². The van der Waals surface area contributed by atoms with Crippen LogP contribution in [0.5, 0.6) is 0 Å². The lowest BCUT2D eigenvalue weighted by Gasteiger charge is -2.08. The van der Waals surface area contributed by atoms with Crippen LogP contribution in [0.4, 0.5) is 0 Å². The summed E-state index contributed by atoms with van der Waals surface area (Å²) in [4.78, 5) is 29.0. The summed E-state index contributed by atoms with van der Waals surface area (Å²) in [5.41, 5.74) is 0.0755. The van der Waals surface area contributed by atoms with Gasteiger partial charge in [0.2, 0.25) is 0 Å². The Hall–Kier alpha value is -2.55. The molecule has 0 atom stereocenters. The predicted octanol–water partition coefficient (Wildman–Crippen LogP) is 0.249. The van der Waals surface area contributed by atoms with Crippen LogP contribution in [0.2, 0.25) is 0 Å². The van der Waals surface area contributed by atoms with Gasteiger partial charge in [-0.15, -0.1) is 0 Å². The highest BCUT2D eigenvalue weighted by atomic mass is 32.2. The fourth-order valence-corrected chi connectivity index (χ4v) is 3.36. The van der Waals surface area contributed by atoms with Crippen molar-refractivity contribution >= 4 is 22.9 Å². The van der Waals surface area contributed by atoms with E-state index in [1.165, 1.54) is 33.4 Å². The van der Waals surface area contributed by atoms with Crippen LogP contribution in [0.15, 0.2) is 45.3 Å². The van der Waals surface area contributed by atoms with Crippen LogP contribution in [-0.4, -0.2) is 24.4 Å².